The highest BCUT2D eigenvalue weighted by molar-refractivity contribution is 5.79. The number of aliphatic imine (C=N–C) groups is 1. The molecule has 0 aromatic heterocycles. The lowest BCUT2D eigenvalue weighted by Gasteiger charge is -2.33. The minimum atomic E-state index is 0.155. The Morgan fingerprint density at radius 2 is 1.85 bits per heavy atom. The first-order chi connectivity index (χ1) is 12.4. The molecule has 0 atom stereocenters. The van der Waals surface area contributed by atoms with E-state index in [4.69, 9.17) is 0 Å². The van der Waals surface area contributed by atoms with Crippen LogP contribution in [-0.2, 0) is 6.54 Å². The van der Waals surface area contributed by atoms with Crippen LogP contribution in [0.4, 0.5) is 0 Å². The second kappa shape index (κ2) is 9.93. The Balaban J connectivity index is 1.69. The first kappa shape index (κ1) is 20.7. The first-order valence-corrected chi connectivity index (χ1v) is 9.86. The molecule has 0 unspecified atom stereocenters. The van der Waals surface area contributed by atoms with Gasteiger partial charge >= 0.3 is 0 Å². The molecule has 1 aliphatic rings. The predicted molar refractivity (Wildman–Crippen MR) is 112 cm³/mol. The molecule has 0 saturated carbocycles. The molecule has 1 heterocycles. The van der Waals surface area contributed by atoms with Crippen molar-refractivity contribution < 1.29 is 0 Å². The van der Waals surface area contributed by atoms with Crippen molar-refractivity contribution in [3.05, 3.63) is 35.4 Å². The van der Waals surface area contributed by atoms with Gasteiger partial charge in [-0.25, -0.2) is 0 Å². The van der Waals surface area contributed by atoms with Crippen molar-refractivity contribution in [2.75, 3.05) is 33.2 Å². The number of aryl methyl sites for hydroxylation is 1. The van der Waals surface area contributed by atoms with Crippen LogP contribution in [0.5, 0.6) is 0 Å². The molecule has 0 spiro atoms. The number of likely N-dealkylation sites (tertiary alicyclic amines) is 1. The van der Waals surface area contributed by atoms with E-state index in [1.807, 2.05) is 7.05 Å². The highest BCUT2D eigenvalue weighted by atomic mass is 15.2. The van der Waals surface area contributed by atoms with Crippen LogP contribution in [0.25, 0.3) is 0 Å². The third-order valence-electron chi connectivity index (χ3n) is 4.88. The standard InChI is InChI=1S/C21H37N5/c1-17-8-6-7-9-18(17)16-26-14-10-19(11-15-26)25-20(22-5)23-12-13-24-21(2,3)4/h6-9,19,24H,10-16H2,1-5H3,(H2,22,23,25). The fourth-order valence-corrected chi connectivity index (χ4v) is 3.27. The van der Waals surface area contributed by atoms with E-state index in [1.165, 1.54) is 11.1 Å². The van der Waals surface area contributed by atoms with Crippen LogP contribution < -0.4 is 16.0 Å². The molecule has 1 aliphatic heterocycles. The average Bonchev–Trinajstić information content (AvgIpc) is 2.60. The second-order valence-corrected chi connectivity index (χ2v) is 8.30. The van der Waals surface area contributed by atoms with Crippen molar-refractivity contribution in [3.63, 3.8) is 0 Å². The van der Waals surface area contributed by atoms with E-state index >= 15 is 0 Å². The van der Waals surface area contributed by atoms with Gasteiger partial charge in [-0.1, -0.05) is 24.3 Å². The summed E-state index contributed by atoms with van der Waals surface area (Å²) in [5.41, 5.74) is 2.99. The molecular formula is C21H37N5. The lowest BCUT2D eigenvalue weighted by molar-refractivity contribution is 0.198. The number of nitrogens with one attached hydrogen (secondary N) is 3. The fourth-order valence-electron chi connectivity index (χ4n) is 3.27. The maximum atomic E-state index is 4.37. The van der Waals surface area contributed by atoms with Crippen LogP contribution in [0.3, 0.4) is 0 Å². The quantitative estimate of drug-likeness (QED) is 0.415. The zero-order valence-corrected chi connectivity index (χ0v) is 17.2. The van der Waals surface area contributed by atoms with Crippen LogP contribution in [0, 0.1) is 6.92 Å². The number of piperidine rings is 1. The molecule has 1 saturated heterocycles. The number of hydrogen-bond donors (Lipinski definition) is 3. The highest BCUT2D eigenvalue weighted by Gasteiger charge is 2.20. The number of nitrogens with zero attached hydrogens (tertiary/aromatic N) is 2. The summed E-state index contributed by atoms with van der Waals surface area (Å²) in [6.45, 7) is 13.9. The topological polar surface area (TPSA) is 51.7 Å². The Labute approximate surface area is 159 Å². The molecule has 0 aliphatic carbocycles. The van der Waals surface area contributed by atoms with E-state index in [1.54, 1.807) is 0 Å². The Morgan fingerprint density at radius 3 is 2.46 bits per heavy atom. The molecule has 2 rings (SSSR count). The number of hydrogen-bond acceptors (Lipinski definition) is 3. The van der Waals surface area contributed by atoms with Crippen LogP contribution >= 0.6 is 0 Å². The molecule has 5 nitrogen and oxygen atoms in total. The molecule has 0 bridgehead atoms. The molecular weight excluding hydrogens is 322 g/mol. The summed E-state index contributed by atoms with van der Waals surface area (Å²) >= 11 is 0. The smallest absolute Gasteiger partial charge is 0.191 e. The van der Waals surface area contributed by atoms with Gasteiger partial charge in [-0.3, -0.25) is 9.89 Å². The Bertz CT molecular complexity index is 568. The van der Waals surface area contributed by atoms with E-state index in [9.17, 15) is 0 Å². The number of guanidine groups is 1. The third-order valence-corrected chi connectivity index (χ3v) is 4.88. The minimum absolute atomic E-state index is 0.155. The summed E-state index contributed by atoms with van der Waals surface area (Å²) in [5.74, 6) is 0.915. The van der Waals surface area contributed by atoms with E-state index < -0.39 is 0 Å². The van der Waals surface area contributed by atoms with Crippen molar-refractivity contribution in [3.8, 4) is 0 Å². The average molecular weight is 360 g/mol. The molecule has 0 radical (unpaired) electrons. The van der Waals surface area contributed by atoms with Gasteiger partial charge in [0.05, 0.1) is 0 Å². The van der Waals surface area contributed by atoms with E-state index in [0.29, 0.717) is 6.04 Å². The Kier molecular flexibility index (Phi) is 7.91. The molecule has 1 aromatic carbocycles. The van der Waals surface area contributed by atoms with Gasteiger partial charge in [-0.2, -0.15) is 0 Å². The summed E-state index contributed by atoms with van der Waals surface area (Å²) in [7, 11) is 1.85. The van der Waals surface area contributed by atoms with E-state index in [0.717, 1.165) is 51.5 Å². The zero-order valence-electron chi connectivity index (χ0n) is 17.2. The van der Waals surface area contributed by atoms with Crippen LogP contribution in [0.15, 0.2) is 29.3 Å². The maximum absolute atomic E-state index is 4.37. The van der Waals surface area contributed by atoms with Crippen molar-refractivity contribution in [1.82, 2.24) is 20.9 Å². The molecule has 26 heavy (non-hydrogen) atoms. The van der Waals surface area contributed by atoms with Gasteiger partial charge in [0.2, 0.25) is 0 Å². The highest BCUT2D eigenvalue weighted by Crippen LogP contribution is 2.16. The van der Waals surface area contributed by atoms with Crippen molar-refractivity contribution in [2.24, 2.45) is 4.99 Å². The lowest BCUT2D eigenvalue weighted by Crippen LogP contribution is -2.50. The summed E-state index contributed by atoms with van der Waals surface area (Å²) in [5, 5.41) is 10.5. The van der Waals surface area contributed by atoms with Crippen LogP contribution in [0.2, 0.25) is 0 Å². The summed E-state index contributed by atoms with van der Waals surface area (Å²) in [6, 6.07) is 9.21. The third kappa shape index (κ3) is 7.34. The van der Waals surface area contributed by atoms with Gasteiger partial charge in [0.25, 0.3) is 0 Å². The second-order valence-electron chi connectivity index (χ2n) is 8.30. The van der Waals surface area contributed by atoms with Crippen LogP contribution in [-0.4, -0.2) is 55.7 Å². The predicted octanol–water partition coefficient (Wildman–Crippen LogP) is 2.51. The van der Waals surface area contributed by atoms with Gasteiger partial charge in [-0.15, -0.1) is 0 Å². The van der Waals surface area contributed by atoms with Crippen LogP contribution in [0.1, 0.15) is 44.7 Å². The number of benzene rings is 1. The lowest BCUT2D eigenvalue weighted by atomic mass is 10.0. The molecule has 0 amide bonds. The normalized spacial score (nSPS) is 17.3. The fraction of sp³-hybridized carbons (Fsp3) is 0.667. The first-order valence-electron chi connectivity index (χ1n) is 9.86. The molecule has 5 heteroatoms. The van der Waals surface area contributed by atoms with Crippen molar-refractivity contribution in [1.29, 1.82) is 0 Å². The van der Waals surface area contributed by atoms with Gasteiger partial charge in [0.15, 0.2) is 5.96 Å². The summed E-state index contributed by atoms with van der Waals surface area (Å²) in [6.07, 6.45) is 2.32. The van der Waals surface area contributed by atoms with E-state index in [-0.39, 0.29) is 5.54 Å². The Morgan fingerprint density at radius 1 is 1.15 bits per heavy atom. The largest absolute Gasteiger partial charge is 0.355 e. The minimum Gasteiger partial charge on any atom is -0.355 e. The van der Waals surface area contributed by atoms with Crippen molar-refractivity contribution in [2.45, 2.75) is 58.7 Å². The van der Waals surface area contributed by atoms with Gasteiger partial charge in [0.1, 0.15) is 0 Å². The monoisotopic (exact) mass is 359 g/mol. The Hall–Kier alpha value is -1.59. The maximum Gasteiger partial charge on any atom is 0.191 e. The molecule has 1 fully saturated rings. The van der Waals surface area contributed by atoms with E-state index in [2.05, 4.69) is 77.8 Å². The molecule has 146 valence electrons. The summed E-state index contributed by atoms with van der Waals surface area (Å²) < 4.78 is 0. The molecule has 1 aromatic rings. The van der Waals surface area contributed by atoms with Gasteiger partial charge < -0.3 is 16.0 Å². The van der Waals surface area contributed by atoms with Crippen molar-refractivity contribution >= 4 is 5.96 Å². The zero-order chi connectivity index (χ0) is 19.0. The number of rotatable bonds is 6. The van der Waals surface area contributed by atoms with Gasteiger partial charge in [-0.05, 0) is 51.7 Å². The van der Waals surface area contributed by atoms with Gasteiger partial charge in [0, 0.05) is 51.4 Å². The molecule has 3 N–H and O–H groups in total. The summed E-state index contributed by atoms with van der Waals surface area (Å²) in [4.78, 5) is 6.93. The SMILES string of the molecule is CN=C(NCCNC(C)(C)C)NC1CCN(Cc2ccccc2C)CC1.